The first-order valence-corrected chi connectivity index (χ1v) is 5.84. The zero-order valence-electron chi connectivity index (χ0n) is 11.5. The normalized spacial score (nSPS) is 10.5. The fraction of sp³-hybridized carbons (Fsp3) is 0.385. The molecular weight excluding hydrogens is 246 g/mol. The summed E-state index contributed by atoms with van der Waals surface area (Å²) in [6, 6.07) is 6.39. The van der Waals surface area contributed by atoms with Crippen molar-refractivity contribution in [3.8, 4) is 5.75 Å². The van der Waals surface area contributed by atoms with E-state index in [0.717, 1.165) is 0 Å². The summed E-state index contributed by atoms with van der Waals surface area (Å²) in [5.74, 6) is 0.366. The Hall–Kier alpha value is -2.24. The smallest absolute Gasteiger partial charge is 0.337 e. The Balaban J connectivity index is 2.49. The molecule has 0 unspecified atom stereocenters. The molecule has 3 N–H and O–H groups in total. The van der Waals surface area contributed by atoms with Crippen molar-refractivity contribution in [2.75, 3.05) is 12.4 Å². The number of nitrogens with one attached hydrogen (secondary N) is 3. The zero-order chi connectivity index (χ0) is 14.5. The van der Waals surface area contributed by atoms with Crippen LogP contribution in [-0.2, 0) is 4.79 Å². The second-order valence-corrected chi connectivity index (χ2v) is 5.02. The summed E-state index contributed by atoms with van der Waals surface area (Å²) in [6.07, 6.45) is 0. The first-order chi connectivity index (χ1) is 8.82. The largest absolute Gasteiger partial charge is 0.497 e. The number of anilines is 1. The predicted octanol–water partition coefficient (Wildman–Crippen LogP) is 1.89. The average molecular weight is 265 g/mol. The van der Waals surface area contributed by atoms with Crippen LogP contribution in [0.2, 0.25) is 0 Å². The van der Waals surface area contributed by atoms with Gasteiger partial charge < -0.3 is 10.1 Å². The van der Waals surface area contributed by atoms with Gasteiger partial charge in [0.1, 0.15) is 5.75 Å². The summed E-state index contributed by atoms with van der Waals surface area (Å²) < 4.78 is 5.04. The Labute approximate surface area is 112 Å². The van der Waals surface area contributed by atoms with Gasteiger partial charge in [0.25, 0.3) is 0 Å². The van der Waals surface area contributed by atoms with Crippen LogP contribution in [-0.4, -0.2) is 19.0 Å². The highest BCUT2D eigenvalue weighted by Gasteiger charge is 2.21. The number of carbonyl (C=O) groups excluding carboxylic acids is 2. The van der Waals surface area contributed by atoms with Crippen LogP contribution in [0, 0.1) is 5.41 Å². The molecule has 1 rings (SSSR count). The van der Waals surface area contributed by atoms with E-state index in [-0.39, 0.29) is 5.91 Å². The van der Waals surface area contributed by atoms with Crippen molar-refractivity contribution in [1.29, 1.82) is 0 Å². The number of ether oxygens (including phenoxy) is 1. The molecule has 0 spiro atoms. The minimum Gasteiger partial charge on any atom is -0.497 e. The van der Waals surface area contributed by atoms with E-state index in [1.165, 1.54) is 0 Å². The highest BCUT2D eigenvalue weighted by atomic mass is 16.5. The molecule has 0 aliphatic heterocycles. The van der Waals surface area contributed by atoms with Crippen LogP contribution in [0.5, 0.6) is 5.75 Å². The Kier molecular flexibility index (Phi) is 4.74. The van der Waals surface area contributed by atoms with E-state index in [1.54, 1.807) is 52.1 Å². The summed E-state index contributed by atoms with van der Waals surface area (Å²) in [4.78, 5) is 23.1. The lowest BCUT2D eigenvalue weighted by Gasteiger charge is -2.18. The molecular formula is C13H19N3O3. The van der Waals surface area contributed by atoms with Gasteiger partial charge in [-0.1, -0.05) is 26.8 Å². The fourth-order valence-corrected chi connectivity index (χ4v) is 1.16. The van der Waals surface area contributed by atoms with Crippen LogP contribution < -0.4 is 20.9 Å². The van der Waals surface area contributed by atoms with E-state index in [0.29, 0.717) is 11.4 Å². The Morgan fingerprint density at radius 3 is 2.42 bits per heavy atom. The van der Waals surface area contributed by atoms with E-state index in [4.69, 9.17) is 4.74 Å². The minimum absolute atomic E-state index is 0.270. The van der Waals surface area contributed by atoms with Crippen molar-refractivity contribution >= 4 is 17.6 Å². The number of urea groups is 1. The lowest BCUT2D eigenvalue weighted by molar-refractivity contribution is -0.129. The number of methoxy groups -OCH3 is 1. The highest BCUT2D eigenvalue weighted by molar-refractivity contribution is 5.91. The predicted molar refractivity (Wildman–Crippen MR) is 72.7 cm³/mol. The van der Waals surface area contributed by atoms with E-state index >= 15 is 0 Å². The van der Waals surface area contributed by atoms with Crippen LogP contribution in [0.4, 0.5) is 10.5 Å². The number of amides is 3. The zero-order valence-corrected chi connectivity index (χ0v) is 11.5. The van der Waals surface area contributed by atoms with Crippen molar-refractivity contribution in [1.82, 2.24) is 10.9 Å². The molecule has 0 saturated heterocycles. The summed E-state index contributed by atoms with van der Waals surface area (Å²) in [5.41, 5.74) is 4.63. The standard InChI is InChI=1S/C13H19N3O3/c1-13(2,3)11(17)15-16-12(18)14-9-6-5-7-10(8-9)19-4/h5-8H,1-4H3,(H,15,17)(H2,14,16,18). The molecule has 0 aliphatic rings. The van der Waals surface area contributed by atoms with E-state index in [1.807, 2.05) is 0 Å². The molecule has 19 heavy (non-hydrogen) atoms. The Morgan fingerprint density at radius 1 is 1.16 bits per heavy atom. The average Bonchev–Trinajstić information content (AvgIpc) is 2.35. The SMILES string of the molecule is COc1cccc(NC(=O)NNC(=O)C(C)(C)C)c1. The molecule has 1 aromatic carbocycles. The van der Waals surface area contributed by atoms with Crippen molar-refractivity contribution in [2.45, 2.75) is 20.8 Å². The van der Waals surface area contributed by atoms with Gasteiger partial charge in [-0.3, -0.25) is 10.2 Å². The van der Waals surface area contributed by atoms with Crippen molar-refractivity contribution in [3.05, 3.63) is 24.3 Å². The third-order valence-electron chi connectivity index (χ3n) is 2.30. The van der Waals surface area contributed by atoms with Crippen LogP contribution in [0.15, 0.2) is 24.3 Å². The van der Waals surface area contributed by atoms with Gasteiger partial charge in [0.05, 0.1) is 7.11 Å². The molecule has 3 amide bonds. The second-order valence-electron chi connectivity index (χ2n) is 5.02. The Morgan fingerprint density at radius 2 is 1.84 bits per heavy atom. The van der Waals surface area contributed by atoms with Gasteiger partial charge in [0.2, 0.25) is 5.91 Å². The molecule has 0 bridgehead atoms. The lowest BCUT2D eigenvalue weighted by atomic mass is 9.96. The monoisotopic (exact) mass is 265 g/mol. The van der Waals surface area contributed by atoms with Gasteiger partial charge in [-0.05, 0) is 12.1 Å². The van der Waals surface area contributed by atoms with Gasteiger partial charge in [-0.15, -0.1) is 0 Å². The van der Waals surface area contributed by atoms with Crippen LogP contribution in [0.1, 0.15) is 20.8 Å². The molecule has 0 aromatic heterocycles. The van der Waals surface area contributed by atoms with Crippen molar-refractivity contribution in [3.63, 3.8) is 0 Å². The van der Waals surface area contributed by atoms with E-state index in [9.17, 15) is 9.59 Å². The quantitative estimate of drug-likeness (QED) is 0.714. The first kappa shape index (κ1) is 14.8. The third-order valence-corrected chi connectivity index (χ3v) is 2.30. The first-order valence-electron chi connectivity index (χ1n) is 5.84. The number of carbonyl (C=O) groups is 2. The van der Waals surface area contributed by atoms with Gasteiger partial charge >= 0.3 is 6.03 Å². The van der Waals surface area contributed by atoms with Gasteiger partial charge in [0, 0.05) is 17.2 Å². The minimum atomic E-state index is -0.566. The molecule has 0 fully saturated rings. The number of benzene rings is 1. The lowest BCUT2D eigenvalue weighted by Crippen LogP contribution is -2.48. The van der Waals surface area contributed by atoms with Crippen molar-refractivity contribution < 1.29 is 14.3 Å². The van der Waals surface area contributed by atoms with E-state index < -0.39 is 11.4 Å². The summed E-state index contributed by atoms with van der Waals surface area (Å²) in [7, 11) is 1.54. The second kappa shape index (κ2) is 6.08. The maximum absolute atomic E-state index is 11.6. The maximum atomic E-state index is 11.6. The summed E-state index contributed by atoms with van der Waals surface area (Å²) in [6.45, 7) is 5.26. The molecule has 0 heterocycles. The molecule has 1 aromatic rings. The number of rotatable bonds is 2. The van der Waals surface area contributed by atoms with Crippen LogP contribution >= 0.6 is 0 Å². The highest BCUT2D eigenvalue weighted by Crippen LogP contribution is 2.16. The molecule has 0 saturated carbocycles. The topological polar surface area (TPSA) is 79.5 Å². The number of hydrazine groups is 1. The van der Waals surface area contributed by atoms with Gasteiger partial charge in [0.15, 0.2) is 0 Å². The Bertz CT molecular complexity index is 466. The van der Waals surface area contributed by atoms with Crippen molar-refractivity contribution in [2.24, 2.45) is 5.41 Å². The molecule has 0 radical (unpaired) electrons. The molecule has 6 heteroatoms. The van der Waals surface area contributed by atoms with Crippen LogP contribution in [0.25, 0.3) is 0 Å². The number of hydrogen-bond acceptors (Lipinski definition) is 3. The van der Waals surface area contributed by atoms with Crippen LogP contribution in [0.3, 0.4) is 0 Å². The number of hydrogen-bond donors (Lipinski definition) is 3. The van der Waals surface area contributed by atoms with Gasteiger partial charge in [-0.25, -0.2) is 10.2 Å². The fourth-order valence-electron chi connectivity index (χ4n) is 1.16. The maximum Gasteiger partial charge on any atom is 0.337 e. The molecule has 6 nitrogen and oxygen atoms in total. The third kappa shape index (κ3) is 4.87. The summed E-state index contributed by atoms with van der Waals surface area (Å²) >= 11 is 0. The molecule has 0 aliphatic carbocycles. The molecule has 0 atom stereocenters. The summed E-state index contributed by atoms with van der Waals surface area (Å²) in [5, 5.41) is 2.58. The van der Waals surface area contributed by atoms with E-state index in [2.05, 4.69) is 16.2 Å². The van der Waals surface area contributed by atoms with Gasteiger partial charge in [-0.2, -0.15) is 0 Å². The molecule has 104 valence electrons.